The molecule has 2 aliphatic rings. The van der Waals surface area contributed by atoms with Crippen molar-refractivity contribution in [3.05, 3.63) is 35.4 Å². The zero-order chi connectivity index (χ0) is 15.1. The topological polar surface area (TPSA) is 60.9 Å². The average molecular weight is 310 g/mol. The van der Waals surface area contributed by atoms with Gasteiger partial charge in [0.05, 0.1) is 5.60 Å². The number of rotatable bonds is 2. The van der Waals surface area contributed by atoms with Crippen LogP contribution in [0.2, 0.25) is 0 Å². The van der Waals surface area contributed by atoms with E-state index in [1.807, 2.05) is 18.2 Å². The molecule has 0 amide bonds. The van der Waals surface area contributed by atoms with Crippen LogP contribution in [0.15, 0.2) is 24.3 Å². The van der Waals surface area contributed by atoms with Crippen molar-refractivity contribution in [2.24, 2.45) is 0 Å². The Morgan fingerprint density at radius 3 is 2.57 bits per heavy atom. The predicted octanol–water partition coefficient (Wildman–Crippen LogP) is 1.14. The van der Waals surface area contributed by atoms with E-state index in [0.29, 0.717) is 32.5 Å². The second-order valence-electron chi connectivity index (χ2n) is 6.29. The lowest BCUT2D eigenvalue weighted by molar-refractivity contribution is 0.00763. The summed E-state index contributed by atoms with van der Waals surface area (Å²) in [6.07, 6.45) is 2.11. The molecule has 1 aromatic carbocycles. The highest BCUT2D eigenvalue weighted by molar-refractivity contribution is 7.86. The van der Waals surface area contributed by atoms with Crippen molar-refractivity contribution in [1.29, 1.82) is 0 Å². The molecule has 1 unspecified atom stereocenters. The van der Waals surface area contributed by atoms with E-state index in [1.165, 1.54) is 14.2 Å². The van der Waals surface area contributed by atoms with Gasteiger partial charge >= 0.3 is 0 Å². The van der Waals surface area contributed by atoms with E-state index in [2.05, 4.69) is 6.07 Å². The number of fused-ring (bicyclic) bond motifs is 1. The summed E-state index contributed by atoms with van der Waals surface area (Å²) < 4.78 is 28.5. The molecular weight excluding hydrogens is 288 g/mol. The number of β-amino-alcohol motifs (C(OH)–C–C–N with tert-alkyl or cyclic N) is 1. The Labute approximate surface area is 126 Å². The van der Waals surface area contributed by atoms with Gasteiger partial charge in [0, 0.05) is 26.2 Å². The van der Waals surface area contributed by atoms with Gasteiger partial charge in [0.2, 0.25) is 0 Å². The molecule has 0 aliphatic carbocycles. The molecule has 2 heterocycles. The number of hydrogen-bond acceptors (Lipinski definition) is 3. The van der Waals surface area contributed by atoms with Gasteiger partial charge in [-0.25, -0.2) is 0 Å². The lowest BCUT2D eigenvalue weighted by Crippen LogP contribution is -2.53. The van der Waals surface area contributed by atoms with Crippen molar-refractivity contribution in [1.82, 2.24) is 8.61 Å². The normalized spacial score (nSPS) is 28.3. The van der Waals surface area contributed by atoms with Crippen LogP contribution in [0.4, 0.5) is 0 Å². The molecule has 3 rings (SSSR count). The molecule has 21 heavy (non-hydrogen) atoms. The first-order valence-electron chi connectivity index (χ1n) is 7.43. The molecule has 116 valence electrons. The molecule has 0 radical (unpaired) electrons. The Balaban J connectivity index is 1.80. The fourth-order valence-electron chi connectivity index (χ4n) is 3.20. The third-order valence-electron chi connectivity index (χ3n) is 4.39. The summed E-state index contributed by atoms with van der Waals surface area (Å²) in [6.45, 7) is 3.33. The Morgan fingerprint density at radius 1 is 1.14 bits per heavy atom. The van der Waals surface area contributed by atoms with Crippen molar-refractivity contribution < 1.29 is 13.5 Å². The summed E-state index contributed by atoms with van der Waals surface area (Å²) in [7, 11) is -3.49. The minimum absolute atomic E-state index is 0.188. The van der Waals surface area contributed by atoms with Gasteiger partial charge in [0.25, 0.3) is 10.2 Å². The number of benzene rings is 1. The molecule has 1 fully saturated rings. The van der Waals surface area contributed by atoms with E-state index >= 15 is 0 Å². The molecule has 0 spiro atoms. The van der Waals surface area contributed by atoms with E-state index in [9.17, 15) is 13.5 Å². The highest BCUT2D eigenvalue weighted by Crippen LogP contribution is 2.27. The van der Waals surface area contributed by atoms with Crippen molar-refractivity contribution in [3.63, 3.8) is 0 Å². The number of hydrogen-bond donors (Lipinski definition) is 1. The summed E-state index contributed by atoms with van der Waals surface area (Å²) in [6, 6.07) is 7.99. The minimum Gasteiger partial charge on any atom is -0.389 e. The zero-order valence-electron chi connectivity index (χ0n) is 12.3. The summed E-state index contributed by atoms with van der Waals surface area (Å²) >= 11 is 0. The monoisotopic (exact) mass is 310 g/mol. The van der Waals surface area contributed by atoms with Crippen molar-refractivity contribution in [3.8, 4) is 0 Å². The standard InChI is InChI=1S/C15H22N2O3S/c1-15(18)8-4-9-17(12-15)21(19,20)16-10-7-13-5-2-3-6-14(13)11-16/h2-3,5-6,18H,4,7-12H2,1H3. The molecule has 5 nitrogen and oxygen atoms in total. The van der Waals surface area contributed by atoms with Crippen LogP contribution in [0.1, 0.15) is 30.9 Å². The molecule has 1 saturated heterocycles. The van der Waals surface area contributed by atoms with Crippen molar-refractivity contribution >= 4 is 10.2 Å². The zero-order valence-corrected chi connectivity index (χ0v) is 13.1. The maximum Gasteiger partial charge on any atom is 0.282 e. The lowest BCUT2D eigenvalue weighted by atomic mass is 9.97. The third kappa shape index (κ3) is 2.99. The van der Waals surface area contributed by atoms with Gasteiger partial charge in [0.15, 0.2) is 0 Å². The summed E-state index contributed by atoms with van der Waals surface area (Å²) in [5, 5.41) is 10.1. The van der Waals surface area contributed by atoms with Crippen LogP contribution >= 0.6 is 0 Å². The second kappa shape index (κ2) is 5.35. The molecule has 2 aliphatic heterocycles. The smallest absolute Gasteiger partial charge is 0.282 e. The van der Waals surface area contributed by atoms with Gasteiger partial charge in [-0.05, 0) is 37.3 Å². The Hall–Kier alpha value is -0.950. The van der Waals surface area contributed by atoms with E-state index < -0.39 is 15.8 Å². The summed E-state index contributed by atoms with van der Waals surface area (Å²) in [4.78, 5) is 0. The maximum atomic E-state index is 12.8. The van der Waals surface area contributed by atoms with Gasteiger partial charge in [-0.2, -0.15) is 17.0 Å². The van der Waals surface area contributed by atoms with Crippen LogP contribution in [0.3, 0.4) is 0 Å². The Bertz CT molecular complexity index is 628. The van der Waals surface area contributed by atoms with E-state index in [4.69, 9.17) is 0 Å². The van der Waals surface area contributed by atoms with Crippen LogP contribution in [0, 0.1) is 0 Å². The number of aliphatic hydroxyl groups is 1. The molecule has 6 heteroatoms. The third-order valence-corrected chi connectivity index (χ3v) is 6.32. The Kier molecular flexibility index (Phi) is 3.81. The average Bonchev–Trinajstić information content (AvgIpc) is 2.45. The van der Waals surface area contributed by atoms with Gasteiger partial charge in [-0.15, -0.1) is 0 Å². The first-order valence-corrected chi connectivity index (χ1v) is 8.83. The van der Waals surface area contributed by atoms with E-state index in [0.717, 1.165) is 12.0 Å². The fraction of sp³-hybridized carbons (Fsp3) is 0.600. The van der Waals surface area contributed by atoms with Crippen molar-refractivity contribution in [2.75, 3.05) is 19.6 Å². The molecule has 1 aromatic rings. The maximum absolute atomic E-state index is 12.8. The van der Waals surface area contributed by atoms with Crippen LogP contribution in [-0.4, -0.2) is 47.4 Å². The molecule has 0 bridgehead atoms. The molecule has 1 N–H and O–H groups in total. The summed E-state index contributed by atoms with van der Waals surface area (Å²) in [5.74, 6) is 0. The first kappa shape index (κ1) is 15.0. The molecular formula is C15H22N2O3S. The number of nitrogens with zero attached hydrogens (tertiary/aromatic N) is 2. The fourth-order valence-corrected chi connectivity index (χ4v) is 4.95. The van der Waals surface area contributed by atoms with Crippen LogP contribution in [-0.2, 0) is 23.2 Å². The highest BCUT2D eigenvalue weighted by Gasteiger charge is 2.38. The van der Waals surface area contributed by atoms with Gasteiger partial charge in [0.1, 0.15) is 0 Å². The predicted molar refractivity (Wildman–Crippen MR) is 80.9 cm³/mol. The summed E-state index contributed by atoms with van der Waals surface area (Å²) in [5.41, 5.74) is 1.39. The van der Waals surface area contributed by atoms with Crippen molar-refractivity contribution in [2.45, 2.75) is 38.3 Å². The second-order valence-corrected chi connectivity index (χ2v) is 8.22. The molecule has 0 saturated carbocycles. The highest BCUT2D eigenvalue weighted by atomic mass is 32.2. The Morgan fingerprint density at radius 2 is 1.86 bits per heavy atom. The van der Waals surface area contributed by atoms with Gasteiger partial charge < -0.3 is 5.11 Å². The lowest BCUT2D eigenvalue weighted by Gasteiger charge is -2.39. The van der Waals surface area contributed by atoms with Gasteiger partial charge in [-0.3, -0.25) is 0 Å². The van der Waals surface area contributed by atoms with E-state index in [-0.39, 0.29) is 6.54 Å². The SMILES string of the molecule is CC1(O)CCCN(S(=O)(=O)N2CCc3ccccc3C2)C1. The van der Waals surface area contributed by atoms with Crippen LogP contribution in [0.25, 0.3) is 0 Å². The minimum atomic E-state index is -3.49. The van der Waals surface area contributed by atoms with Gasteiger partial charge in [-0.1, -0.05) is 24.3 Å². The number of piperidine rings is 1. The van der Waals surface area contributed by atoms with E-state index in [1.54, 1.807) is 6.92 Å². The molecule has 0 aromatic heterocycles. The van der Waals surface area contributed by atoms with Crippen LogP contribution < -0.4 is 0 Å². The largest absolute Gasteiger partial charge is 0.389 e. The molecule has 1 atom stereocenters. The van der Waals surface area contributed by atoms with Crippen LogP contribution in [0.5, 0.6) is 0 Å². The quantitative estimate of drug-likeness (QED) is 0.891. The first-order chi connectivity index (χ1) is 9.88.